The molecule has 6 aliphatic carbocycles. The number of benzene rings is 1. The standard InChI is InChI=1S/C43H62N2O2/c1-28(2)31-17-24-42(44)26-25-40(6)33(36(31)42)13-14-35-39(5)20-18-32(38(3,4)34(39)19-21-41(35,40)7)30-15-22-43(45,23-16-30)37(46)47-27-29-11-9-8-10-12-29/h8-12,15,18,31,33-36H,1,13-14,16-17,19-27,44-45H2,2-7H3/t31-,33+,34?,35?,36?,39-,40+,41+,42-,43+/m0/s1. The molecule has 0 radical (unpaired) electrons. The van der Waals surface area contributed by atoms with Gasteiger partial charge in [-0.2, -0.15) is 0 Å². The normalized spacial score (nSPS) is 45.3. The van der Waals surface area contributed by atoms with Crippen LogP contribution in [0.5, 0.6) is 0 Å². The highest BCUT2D eigenvalue weighted by atomic mass is 16.5. The molecule has 4 nitrogen and oxygen atoms in total. The van der Waals surface area contributed by atoms with Gasteiger partial charge in [0, 0.05) is 5.54 Å². The highest BCUT2D eigenvalue weighted by Crippen LogP contribution is 2.76. The second kappa shape index (κ2) is 11.2. The van der Waals surface area contributed by atoms with Crippen LogP contribution in [0.3, 0.4) is 0 Å². The molecule has 0 bridgehead atoms. The van der Waals surface area contributed by atoms with Gasteiger partial charge in [0.2, 0.25) is 0 Å². The number of hydrogen-bond acceptors (Lipinski definition) is 4. The monoisotopic (exact) mass is 638 g/mol. The highest BCUT2D eigenvalue weighted by molar-refractivity contribution is 5.81. The lowest BCUT2D eigenvalue weighted by molar-refractivity contribution is -0.219. The lowest BCUT2D eigenvalue weighted by Gasteiger charge is -2.72. The number of nitrogens with two attached hydrogens (primary N) is 2. The molecular formula is C43H62N2O2. The molecule has 256 valence electrons. The van der Waals surface area contributed by atoms with Crippen LogP contribution in [0.1, 0.15) is 124 Å². The van der Waals surface area contributed by atoms with Gasteiger partial charge in [-0.1, -0.05) is 89.3 Å². The zero-order chi connectivity index (χ0) is 33.6. The second-order valence-electron chi connectivity index (χ2n) is 18.6. The van der Waals surface area contributed by atoms with Crippen molar-refractivity contribution in [2.24, 2.45) is 62.7 Å². The van der Waals surface area contributed by atoms with Crippen molar-refractivity contribution in [3.63, 3.8) is 0 Å². The van der Waals surface area contributed by atoms with Crippen LogP contribution in [-0.4, -0.2) is 17.0 Å². The molecule has 6 aliphatic rings. The maximum Gasteiger partial charge on any atom is 0.326 e. The molecule has 0 amide bonds. The number of hydrogen-bond donors (Lipinski definition) is 2. The summed E-state index contributed by atoms with van der Waals surface area (Å²) in [5, 5.41) is 0. The summed E-state index contributed by atoms with van der Waals surface area (Å²) in [5.41, 5.74) is 19.4. The summed E-state index contributed by atoms with van der Waals surface area (Å²) in [6, 6.07) is 9.87. The molecule has 1 aromatic carbocycles. The number of esters is 1. The molecule has 0 saturated heterocycles. The van der Waals surface area contributed by atoms with E-state index in [1.807, 2.05) is 30.3 Å². The van der Waals surface area contributed by atoms with Gasteiger partial charge in [0.15, 0.2) is 0 Å². The topological polar surface area (TPSA) is 78.3 Å². The van der Waals surface area contributed by atoms with E-state index in [9.17, 15) is 4.79 Å². The Hall–Kier alpha value is -2.17. The molecule has 0 heterocycles. The molecule has 0 aromatic heterocycles. The smallest absolute Gasteiger partial charge is 0.326 e. The number of rotatable bonds is 5. The molecular weight excluding hydrogens is 576 g/mol. The highest BCUT2D eigenvalue weighted by Gasteiger charge is 2.70. The number of fused-ring (bicyclic) bond motifs is 7. The number of ether oxygens (including phenoxy) is 1. The fraction of sp³-hybridized carbons (Fsp3) is 0.698. The third-order valence-corrected chi connectivity index (χ3v) is 16.2. The van der Waals surface area contributed by atoms with Gasteiger partial charge >= 0.3 is 5.97 Å². The Bertz CT molecular complexity index is 1490. The summed E-state index contributed by atoms with van der Waals surface area (Å²) >= 11 is 0. The third-order valence-electron chi connectivity index (χ3n) is 16.2. The minimum atomic E-state index is -0.948. The minimum Gasteiger partial charge on any atom is -0.459 e. The Kier molecular flexibility index (Phi) is 7.92. The molecule has 4 N–H and O–H groups in total. The van der Waals surface area contributed by atoms with Crippen molar-refractivity contribution in [3.8, 4) is 0 Å². The van der Waals surface area contributed by atoms with Crippen molar-refractivity contribution in [2.75, 3.05) is 0 Å². The van der Waals surface area contributed by atoms with Gasteiger partial charge in [0.1, 0.15) is 12.1 Å². The first kappa shape index (κ1) is 33.3. The minimum absolute atomic E-state index is 0.00995. The third kappa shape index (κ3) is 4.84. The molecule has 1 aromatic rings. The second-order valence-corrected chi connectivity index (χ2v) is 18.6. The summed E-state index contributed by atoms with van der Waals surface area (Å²) in [6.07, 6.45) is 18.2. The first-order chi connectivity index (χ1) is 22.1. The number of allylic oxidation sites excluding steroid dienone is 4. The average molecular weight is 639 g/mol. The first-order valence-electron chi connectivity index (χ1n) is 18.9. The lowest BCUT2D eigenvalue weighted by Crippen LogP contribution is -2.67. The van der Waals surface area contributed by atoms with Gasteiger partial charge in [-0.3, -0.25) is 4.79 Å². The summed E-state index contributed by atoms with van der Waals surface area (Å²) < 4.78 is 5.71. The predicted molar refractivity (Wildman–Crippen MR) is 192 cm³/mol. The number of carbonyl (C=O) groups is 1. The maximum atomic E-state index is 13.2. The van der Waals surface area contributed by atoms with Crippen molar-refractivity contribution < 1.29 is 9.53 Å². The molecule has 0 spiro atoms. The maximum absolute atomic E-state index is 13.2. The fourth-order valence-electron chi connectivity index (χ4n) is 13.5. The average Bonchev–Trinajstić information content (AvgIpc) is 3.39. The zero-order valence-electron chi connectivity index (χ0n) is 30.3. The molecule has 0 aliphatic heterocycles. The van der Waals surface area contributed by atoms with Crippen LogP contribution in [0.25, 0.3) is 0 Å². The van der Waals surface area contributed by atoms with Gasteiger partial charge < -0.3 is 16.2 Å². The SMILES string of the molecule is C=C(C)[C@@H]1CC[C@]2(N)CC[C@]3(C)[C@H](CCC4[C@@]5(C)CC=C(C6=CC[C@](N)(C(=O)OCc7ccccc7)CC6)C(C)(C)C5CC[C@]43C)C12. The molecule has 4 heteroatoms. The fourth-order valence-corrected chi connectivity index (χ4v) is 13.5. The van der Waals surface area contributed by atoms with Gasteiger partial charge in [-0.25, -0.2) is 0 Å². The largest absolute Gasteiger partial charge is 0.459 e. The summed E-state index contributed by atoms with van der Waals surface area (Å²) in [7, 11) is 0. The number of carbonyl (C=O) groups excluding carboxylic acids is 1. The van der Waals surface area contributed by atoms with Crippen LogP contribution in [-0.2, 0) is 16.1 Å². The Morgan fingerprint density at radius 1 is 0.851 bits per heavy atom. The molecule has 10 atom stereocenters. The summed E-state index contributed by atoms with van der Waals surface area (Å²) in [6.45, 7) is 20.2. The Morgan fingerprint density at radius 2 is 1.60 bits per heavy atom. The molecule has 4 saturated carbocycles. The van der Waals surface area contributed by atoms with Gasteiger partial charge in [0.25, 0.3) is 0 Å². The Balaban J connectivity index is 1.11. The lowest BCUT2D eigenvalue weighted by atomic mass is 9.33. The van der Waals surface area contributed by atoms with Crippen molar-refractivity contribution in [2.45, 2.75) is 136 Å². The van der Waals surface area contributed by atoms with Crippen LogP contribution in [0.2, 0.25) is 0 Å². The van der Waals surface area contributed by atoms with Crippen molar-refractivity contribution in [3.05, 3.63) is 71.3 Å². The van der Waals surface area contributed by atoms with E-state index in [1.165, 1.54) is 68.1 Å². The quantitative estimate of drug-likeness (QED) is 0.249. The van der Waals surface area contributed by atoms with Crippen molar-refractivity contribution >= 4 is 5.97 Å². The first-order valence-corrected chi connectivity index (χ1v) is 18.9. The summed E-state index contributed by atoms with van der Waals surface area (Å²) in [4.78, 5) is 13.2. The summed E-state index contributed by atoms with van der Waals surface area (Å²) in [5.74, 6) is 2.98. The Morgan fingerprint density at radius 3 is 2.28 bits per heavy atom. The van der Waals surface area contributed by atoms with E-state index >= 15 is 0 Å². The Labute approximate surface area is 285 Å². The molecule has 7 rings (SSSR count). The van der Waals surface area contributed by atoms with Crippen LogP contribution in [0.15, 0.2) is 65.8 Å². The van der Waals surface area contributed by atoms with E-state index in [2.05, 4.69) is 60.3 Å². The van der Waals surface area contributed by atoms with Gasteiger partial charge in [0.05, 0.1) is 0 Å². The van der Waals surface area contributed by atoms with Crippen molar-refractivity contribution in [1.82, 2.24) is 0 Å². The zero-order valence-corrected chi connectivity index (χ0v) is 30.3. The van der Waals surface area contributed by atoms with E-state index in [1.54, 1.807) is 0 Å². The van der Waals surface area contributed by atoms with Gasteiger partial charge in [-0.05, 0) is 152 Å². The van der Waals surface area contributed by atoms with Crippen LogP contribution in [0.4, 0.5) is 0 Å². The van der Waals surface area contributed by atoms with Crippen LogP contribution in [0, 0.1) is 51.2 Å². The van der Waals surface area contributed by atoms with E-state index in [0.29, 0.717) is 47.3 Å². The van der Waals surface area contributed by atoms with Gasteiger partial charge in [-0.15, -0.1) is 0 Å². The molecule has 3 unspecified atom stereocenters. The van der Waals surface area contributed by atoms with E-state index in [-0.39, 0.29) is 28.9 Å². The van der Waals surface area contributed by atoms with E-state index in [0.717, 1.165) is 24.3 Å². The molecule has 4 fully saturated rings. The predicted octanol–water partition coefficient (Wildman–Crippen LogP) is 9.44. The van der Waals surface area contributed by atoms with E-state index < -0.39 is 5.54 Å². The van der Waals surface area contributed by atoms with Crippen LogP contribution < -0.4 is 11.5 Å². The van der Waals surface area contributed by atoms with Crippen LogP contribution >= 0.6 is 0 Å². The van der Waals surface area contributed by atoms with E-state index in [4.69, 9.17) is 16.2 Å². The van der Waals surface area contributed by atoms with Crippen molar-refractivity contribution in [1.29, 1.82) is 0 Å². The molecule has 47 heavy (non-hydrogen) atoms.